The van der Waals surface area contributed by atoms with Gasteiger partial charge >= 0.3 is 6.18 Å². The largest absolute Gasteiger partial charge is 0.407 e. The van der Waals surface area contributed by atoms with Crippen molar-refractivity contribution in [1.82, 2.24) is 14.3 Å². The van der Waals surface area contributed by atoms with E-state index < -0.39 is 26.8 Å². The van der Waals surface area contributed by atoms with Gasteiger partial charge in [0.1, 0.15) is 5.54 Å². The number of hydrogen-bond donors (Lipinski definition) is 2. The molecule has 10 heteroatoms. The van der Waals surface area contributed by atoms with Gasteiger partial charge < -0.3 is 10.3 Å². The second-order valence-corrected chi connectivity index (χ2v) is 5.83. The second kappa shape index (κ2) is 3.60. The van der Waals surface area contributed by atoms with E-state index in [1.54, 1.807) is 4.72 Å². The third-order valence-corrected chi connectivity index (χ3v) is 4.45. The van der Waals surface area contributed by atoms with Gasteiger partial charge in [0.25, 0.3) is 10.0 Å². The molecule has 1 fully saturated rings. The highest BCUT2D eigenvalue weighted by molar-refractivity contribution is 7.89. The van der Waals surface area contributed by atoms with Crippen LogP contribution in [0.1, 0.15) is 12.8 Å². The minimum Gasteiger partial charge on any atom is -0.381 e. The van der Waals surface area contributed by atoms with Crippen molar-refractivity contribution in [3.63, 3.8) is 0 Å². The average Bonchev–Trinajstić information content (AvgIpc) is 2.86. The molecule has 0 atom stereocenters. The molecule has 0 spiro atoms. The molecule has 0 radical (unpaired) electrons. The quantitative estimate of drug-likeness (QED) is 0.839. The van der Waals surface area contributed by atoms with E-state index in [4.69, 9.17) is 5.73 Å². The summed E-state index contributed by atoms with van der Waals surface area (Å²) in [6, 6.07) is 0. The van der Waals surface area contributed by atoms with Crippen molar-refractivity contribution in [3.05, 3.63) is 6.33 Å². The van der Waals surface area contributed by atoms with Gasteiger partial charge in [-0.3, -0.25) is 0 Å². The van der Waals surface area contributed by atoms with E-state index in [0.29, 0.717) is 0 Å². The lowest BCUT2D eigenvalue weighted by atomic mass is 10.3. The summed E-state index contributed by atoms with van der Waals surface area (Å²) in [5.41, 5.74) is 2.98. The fourth-order valence-electron chi connectivity index (χ4n) is 1.64. The van der Waals surface area contributed by atoms with Gasteiger partial charge in [-0.2, -0.15) is 17.9 Å². The van der Waals surface area contributed by atoms with Crippen LogP contribution in [-0.4, -0.2) is 29.7 Å². The first-order chi connectivity index (χ1) is 8.09. The third kappa shape index (κ3) is 1.94. The van der Waals surface area contributed by atoms with E-state index in [-0.39, 0.29) is 18.7 Å². The zero-order valence-electron chi connectivity index (χ0n) is 9.32. The predicted octanol–water partition coefficient (Wildman–Crippen LogP) is 0.375. The molecule has 0 unspecified atom stereocenters. The molecule has 18 heavy (non-hydrogen) atoms. The van der Waals surface area contributed by atoms with Crippen molar-refractivity contribution in [2.75, 3.05) is 5.73 Å². The topological polar surface area (TPSA) is 90.0 Å². The Balaban J connectivity index is 2.35. The Morgan fingerprint density at radius 2 is 2.06 bits per heavy atom. The zero-order valence-corrected chi connectivity index (χ0v) is 10.1. The molecule has 1 heterocycles. The van der Waals surface area contributed by atoms with E-state index in [2.05, 4.69) is 4.98 Å². The number of nitrogen functional groups attached to an aromatic ring is 1. The molecule has 0 bridgehead atoms. The van der Waals surface area contributed by atoms with Crippen molar-refractivity contribution < 1.29 is 21.6 Å². The lowest BCUT2D eigenvalue weighted by Gasteiger charge is -2.20. The van der Waals surface area contributed by atoms with E-state index in [0.717, 1.165) is 10.9 Å². The molecule has 1 aromatic heterocycles. The van der Waals surface area contributed by atoms with Crippen LogP contribution in [0.5, 0.6) is 0 Å². The third-order valence-electron chi connectivity index (χ3n) is 2.79. The molecule has 1 aliphatic carbocycles. The van der Waals surface area contributed by atoms with Crippen molar-refractivity contribution >= 4 is 15.8 Å². The number of halogens is 3. The second-order valence-electron chi connectivity index (χ2n) is 4.23. The van der Waals surface area contributed by atoms with Crippen LogP contribution in [0.25, 0.3) is 0 Å². The Labute approximate surface area is 101 Å². The summed E-state index contributed by atoms with van der Waals surface area (Å²) >= 11 is 0. The molecule has 6 nitrogen and oxygen atoms in total. The van der Waals surface area contributed by atoms with Gasteiger partial charge in [0.05, 0.1) is 6.33 Å². The number of nitrogens with one attached hydrogen (secondary N) is 1. The maximum Gasteiger partial charge on any atom is 0.407 e. The molecule has 3 N–H and O–H groups in total. The molecule has 1 saturated carbocycles. The minimum absolute atomic E-state index is 0.270. The van der Waals surface area contributed by atoms with E-state index in [9.17, 15) is 21.6 Å². The van der Waals surface area contributed by atoms with Crippen molar-refractivity contribution in [2.45, 2.75) is 29.6 Å². The molecular weight excluding hydrogens is 273 g/mol. The van der Waals surface area contributed by atoms with Gasteiger partial charge in [0.15, 0.2) is 10.8 Å². The van der Waals surface area contributed by atoms with Crippen molar-refractivity contribution in [3.8, 4) is 0 Å². The number of rotatable bonds is 3. The summed E-state index contributed by atoms with van der Waals surface area (Å²) in [5.74, 6) is -0.331. The monoisotopic (exact) mass is 284 g/mol. The van der Waals surface area contributed by atoms with E-state index in [1.165, 1.54) is 7.05 Å². The number of aromatic nitrogens is 2. The minimum atomic E-state index is -4.62. The van der Waals surface area contributed by atoms with Crippen LogP contribution in [0.4, 0.5) is 19.0 Å². The number of imidazole rings is 1. The number of nitrogens with zero attached hydrogens (tertiary/aromatic N) is 2. The van der Waals surface area contributed by atoms with Crippen LogP contribution < -0.4 is 10.5 Å². The normalized spacial score (nSPS) is 18.9. The summed E-state index contributed by atoms with van der Waals surface area (Å²) in [6.07, 6.45) is -4.04. The molecule has 0 amide bonds. The Morgan fingerprint density at radius 1 is 1.50 bits per heavy atom. The maximum atomic E-state index is 12.7. The summed E-state index contributed by atoms with van der Waals surface area (Å²) in [7, 11) is -3.01. The summed E-state index contributed by atoms with van der Waals surface area (Å²) in [6.45, 7) is 0. The zero-order chi connectivity index (χ0) is 13.8. The molecule has 2 rings (SSSR count). The van der Waals surface area contributed by atoms with Gasteiger partial charge in [-0.15, -0.1) is 0 Å². The first-order valence-electron chi connectivity index (χ1n) is 4.97. The molecule has 0 aromatic carbocycles. The van der Waals surface area contributed by atoms with E-state index in [1.807, 2.05) is 0 Å². The summed E-state index contributed by atoms with van der Waals surface area (Å²) < 4.78 is 64.6. The van der Waals surface area contributed by atoms with Crippen LogP contribution in [0.15, 0.2) is 11.4 Å². The number of hydrogen-bond acceptors (Lipinski definition) is 4. The first kappa shape index (κ1) is 13.1. The molecule has 0 saturated heterocycles. The maximum absolute atomic E-state index is 12.7. The van der Waals surface area contributed by atoms with Crippen LogP contribution in [0, 0.1) is 0 Å². The molecule has 1 aliphatic rings. The Morgan fingerprint density at radius 3 is 2.39 bits per heavy atom. The fourth-order valence-corrected chi connectivity index (χ4v) is 3.32. The standard InChI is InChI=1S/C8H11F3N4O2S/c1-15-4-13-5(12)6(15)18(16,17)14-7(2-3-7)8(9,10)11/h4,14H,2-3,12H2,1H3. The van der Waals surface area contributed by atoms with Crippen LogP contribution in [0.2, 0.25) is 0 Å². The Bertz CT molecular complexity index is 554. The molecule has 0 aliphatic heterocycles. The molecular formula is C8H11F3N4O2S. The number of anilines is 1. The van der Waals surface area contributed by atoms with E-state index >= 15 is 0 Å². The van der Waals surface area contributed by atoms with Crippen molar-refractivity contribution in [1.29, 1.82) is 0 Å². The summed E-state index contributed by atoms with van der Waals surface area (Å²) in [4.78, 5) is 3.54. The number of aryl methyl sites for hydroxylation is 1. The highest BCUT2D eigenvalue weighted by Crippen LogP contribution is 2.49. The van der Waals surface area contributed by atoms with Crippen LogP contribution in [0.3, 0.4) is 0 Å². The molecule has 1 aromatic rings. The summed E-state index contributed by atoms with van der Waals surface area (Å²) in [5, 5.41) is -0.460. The van der Waals surface area contributed by atoms with Crippen LogP contribution in [-0.2, 0) is 17.1 Å². The predicted molar refractivity (Wildman–Crippen MR) is 56.0 cm³/mol. The first-order valence-corrected chi connectivity index (χ1v) is 6.45. The fraction of sp³-hybridized carbons (Fsp3) is 0.625. The lowest BCUT2D eigenvalue weighted by molar-refractivity contribution is -0.160. The molecule has 102 valence electrons. The highest BCUT2D eigenvalue weighted by Gasteiger charge is 2.65. The number of nitrogens with two attached hydrogens (primary N) is 1. The Hall–Kier alpha value is -1.29. The smallest absolute Gasteiger partial charge is 0.381 e. The number of sulfonamides is 1. The van der Waals surface area contributed by atoms with Gasteiger partial charge in [0.2, 0.25) is 0 Å². The number of alkyl halides is 3. The average molecular weight is 284 g/mol. The van der Waals surface area contributed by atoms with Crippen LogP contribution >= 0.6 is 0 Å². The lowest BCUT2D eigenvalue weighted by Crippen LogP contribution is -2.48. The van der Waals surface area contributed by atoms with Gasteiger partial charge in [0, 0.05) is 7.05 Å². The van der Waals surface area contributed by atoms with Gasteiger partial charge in [-0.1, -0.05) is 0 Å². The van der Waals surface area contributed by atoms with Crippen molar-refractivity contribution in [2.24, 2.45) is 7.05 Å². The highest BCUT2D eigenvalue weighted by atomic mass is 32.2. The van der Waals surface area contributed by atoms with Gasteiger partial charge in [-0.05, 0) is 12.8 Å². The van der Waals surface area contributed by atoms with Gasteiger partial charge in [-0.25, -0.2) is 13.4 Å². The SMILES string of the molecule is Cn1cnc(N)c1S(=O)(=O)NC1(C(F)(F)F)CC1. The Kier molecular flexibility index (Phi) is 2.63.